The predicted molar refractivity (Wildman–Crippen MR) is 119 cm³/mol. The zero-order chi connectivity index (χ0) is 27.6. The second-order valence-electron chi connectivity index (χ2n) is 7.45. The molecule has 1 fully saturated rings. The van der Waals surface area contributed by atoms with E-state index in [0.717, 1.165) is 0 Å². The third-order valence-electron chi connectivity index (χ3n) is 4.63. The number of nitrogens with zero attached hydrogens (tertiary/aromatic N) is 3. The molecular weight excluding hydrogens is 569 g/mol. The molecule has 1 saturated heterocycles. The number of hydrogen-bond acceptors (Lipinski definition) is 14. The number of imidazole rings is 1. The smallest absolute Gasteiger partial charge is 0.459 e. The number of nitrogen functional groups attached to an aromatic ring is 1. The Kier molecular flexibility index (Phi) is 9.06. The van der Waals surface area contributed by atoms with Crippen LogP contribution in [-0.2, 0) is 41.1 Å². The molecule has 37 heavy (non-hydrogen) atoms. The molecule has 0 saturated carbocycles. The van der Waals surface area contributed by atoms with Gasteiger partial charge in [-0.1, -0.05) is 0 Å². The molecule has 3 rings (SSSR count). The van der Waals surface area contributed by atoms with Gasteiger partial charge in [-0.3, -0.25) is 23.7 Å². The number of hydrogen-bond donors (Lipinski definition) is 7. The van der Waals surface area contributed by atoms with Crippen molar-refractivity contribution in [2.45, 2.75) is 37.7 Å². The van der Waals surface area contributed by atoms with Crippen molar-refractivity contribution in [1.82, 2.24) is 19.5 Å². The van der Waals surface area contributed by atoms with Crippen LogP contribution in [-0.4, -0.2) is 70.4 Å². The van der Waals surface area contributed by atoms with E-state index in [1.54, 1.807) is 0 Å². The van der Waals surface area contributed by atoms with Crippen LogP contribution in [0.5, 0.6) is 0 Å². The molecule has 23 heteroatoms. The number of rotatable bonds is 12. The van der Waals surface area contributed by atoms with Gasteiger partial charge in [-0.2, -0.15) is 13.6 Å². The SMILES string of the molecule is NCCCC(=O)O[C@@H]1C[C@H](n2cnc3c(=O)[nH]c(N)nc32)OC1COP(=O)(O)OP(=O)(O)OP(=O)(O)O. The van der Waals surface area contributed by atoms with E-state index < -0.39 is 60.0 Å². The average molecular weight is 592 g/mol. The molecule has 1 aliphatic rings. The zero-order valence-corrected chi connectivity index (χ0v) is 21.2. The van der Waals surface area contributed by atoms with Gasteiger partial charge in [-0.05, 0) is 13.0 Å². The van der Waals surface area contributed by atoms with E-state index >= 15 is 0 Å². The van der Waals surface area contributed by atoms with Gasteiger partial charge >= 0.3 is 29.4 Å². The lowest BCUT2D eigenvalue weighted by Crippen LogP contribution is -2.31. The van der Waals surface area contributed by atoms with Gasteiger partial charge in [0.15, 0.2) is 11.2 Å². The van der Waals surface area contributed by atoms with Gasteiger partial charge < -0.3 is 40.5 Å². The first-order valence-electron chi connectivity index (χ1n) is 10.1. The molecule has 0 radical (unpaired) electrons. The van der Waals surface area contributed by atoms with Gasteiger partial charge in [0.1, 0.15) is 18.4 Å². The topological polar surface area (TPSA) is 311 Å². The van der Waals surface area contributed by atoms with Crippen LogP contribution in [0.4, 0.5) is 5.95 Å². The van der Waals surface area contributed by atoms with Crippen LogP contribution in [0.3, 0.4) is 0 Å². The van der Waals surface area contributed by atoms with E-state index in [1.807, 2.05) is 0 Å². The normalized spacial score (nSPS) is 23.5. The summed E-state index contributed by atoms with van der Waals surface area (Å²) in [7, 11) is -16.8. The molecule has 2 aromatic rings. The molecule has 20 nitrogen and oxygen atoms in total. The number of nitrogens with two attached hydrogens (primary N) is 2. The molecular formula is C14H23N6O14P3. The first-order chi connectivity index (χ1) is 17.1. The van der Waals surface area contributed by atoms with Crippen molar-refractivity contribution in [3.05, 3.63) is 16.7 Å². The molecule has 1 aliphatic heterocycles. The fourth-order valence-electron chi connectivity index (χ4n) is 3.24. The number of nitrogens with one attached hydrogen (secondary N) is 1. The van der Waals surface area contributed by atoms with Crippen LogP contribution in [0, 0.1) is 0 Å². The first-order valence-corrected chi connectivity index (χ1v) is 14.7. The summed E-state index contributed by atoms with van der Waals surface area (Å²) >= 11 is 0. The Hall–Kier alpha value is -2.05. The zero-order valence-electron chi connectivity index (χ0n) is 18.6. The van der Waals surface area contributed by atoms with Crippen molar-refractivity contribution in [3.63, 3.8) is 0 Å². The van der Waals surface area contributed by atoms with Crippen LogP contribution in [0.25, 0.3) is 11.2 Å². The van der Waals surface area contributed by atoms with Gasteiger partial charge in [0.05, 0.1) is 12.9 Å². The van der Waals surface area contributed by atoms with Gasteiger partial charge in [-0.25, -0.2) is 18.7 Å². The van der Waals surface area contributed by atoms with Crippen molar-refractivity contribution in [2.24, 2.45) is 5.73 Å². The Morgan fingerprint density at radius 3 is 2.57 bits per heavy atom. The molecule has 2 aromatic heterocycles. The fourth-order valence-corrected chi connectivity index (χ4v) is 6.27. The summed E-state index contributed by atoms with van der Waals surface area (Å²) in [5, 5.41) is 0. The number of ether oxygens (including phenoxy) is 2. The van der Waals surface area contributed by atoms with Gasteiger partial charge in [0, 0.05) is 12.8 Å². The second-order valence-corrected chi connectivity index (χ2v) is 11.9. The Bertz CT molecular complexity index is 1340. The number of anilines is 1. The lowest BCUT2D eigenvalue weighted by Gasteiger charge is -2.21. The maximum Gasteiger partial charge on any atom is 0.490 e. The van der Waals surface area contributed by atoms with Crippen molar-refractivity contribution in [1.29, 1.82) is 0 Å². The Balaban J connectivity index is 1.78. The summed E-state index contributed by atoms with van der Waals surface area (Å²) in [5.41, 5.74) is 10.3. The van der Waals surface area contributed by atoms with Gasteiger partial charge in [-0.15, -0.1) is 0 Å². The number of phosphoric ester groups is 1. The third-order valence-corrected chi connectivity index (χ3v) is 8.43. The standard InChI is InChI=1S/C14H23N6O14P3/c15-3-1-2-10(21)32-7-4-9(20-6-17-11-12(20)18-14(16)19-13(11)22)31-8(7)5-30-36(26,27)34-37(28,29)33-35(23,24)25/h6-9H,1-5,15H2,(H,26,27)(H,28,29)(H2,23,24,25)(H3,16,18,19,22)/t7-,8?,9-/m1/s1. The Labute approximate surface area is 206 Å². The molecule has 3 unspecified atom stereocenters. The lowest BCUT2D eigenvalue weighted by molar-refractivity contribution is -0.153. The minimum atomic E-state index is -5.74. The Morgan fingerprint density at radius 2 is 1.92 bits per heavy atom. The summed E-state index contributed by atoms with van der Waals surface area (Å²) in [5.74, 6) is -0.899. The number of esters is 1. The van der Waals surface area contributed by atoms with Crippen molar-refractivity contribution in [2.75, 3.05) is 18.9 Å². The van der Waals surface area contributed by atoms with Crippen LogP contribution in [0.2, 0.25) is 0 Å². The van der Waals surface area contributed by atoms with Crippen LogP contribution in [0.1, 0.15) is 25.5 Å². The quantitative estimate of drug-likeness (QED) is 0.115. The van der Waals surface area contributed by atoms with Gasteiger partial charge in [0.25, 0.3) is 5.56 Å². The number of carbonyl (C=O) groups is 1. The van der Waals surface area contributed by atoms with Gasteiger partial charge in [0.2, 0.25) is 5.95 Å². The van der Waals surface area contributed by atoms with E-state index in [2.05, 4.69) is 28.1 Å². The molecule has 9 N–H and O–H groups in total. The summed E-state index contributed by atoms with van der Waals surface area (Å²) in [6, 6.07) is 0. The highest BCUT2D eigenvalue weighted by Crippen LogP contribution is 2.66. The average Bonchev–Trinajstić information content (AvgIpc) is 3.32. The fraction of sp³-hybridized carbons (Fsp3) is 0.571. The molecule has 0 aromatic carbocycles. The predicted octanol–water partition coefficient (Wildman–Crippen LogP) is -1.02. The maximum absolute atomic E-state index is 12.2. The number of H-pyrrole nitrogens is 1. The minimum Gasteiger partial charge on any atom is -0.459 e. The van der Waals surface area contributed by atoms with Crippen molar-refractivity contribution in [3.8, 4) is 0 Å². The number of aromatic nitrogens is 4. The molecule has 0 amide bonds. The number of fused-ring (bicyclic) bond motifs is 1. The minimum absolute atomic E-state index is 0.0213. The summed E-state index contributed by atoms with van der Waals surface area (Å²) in [6.07, 6.45) is -2.02. The monoisotopic (exact) mass is 592 g/mol. The van der Waals surface area contributed by atoms with Crippen LogP contribution in [0.15, 0.2) is 11.1 Å². The largest absolute Gasteiger partial charge is 0.490 e. The molecule has 0 spiro atoms. The second kappa shape index (κ2) is 11.4. The molecule has 0 bridgehead atoms. The van der Waals surface area contributed by atoms with Crippen molar-refractivity contribution < 1.29 is 60.7 Å². The summed E-state index contributed by atoms with van der Waals surface area (Å²) in [6.45, 7) is -0.672. The summed E-state index contributed by atoms with van der Waals surface area (Å²) < 4.78 is 58.7. The lowest BCUT2D eigenvalue weighted by atomic mass is 10.2. The molecule has 208 valence electrons. The van der Waals surface area contributed by atoms with E-state index in [4.69, 9.17) is 30.7 Å². The highest BCUT2D eigenvalue weighted by Gasteiger charge is 2.44. The molecule has 5 atom stereocenters. The van der Waals surface area contributed by atoms with E-state index in [9.17, 15) is 33.1 Å². The number of phosphoric acid groups is 3. The maximum atomic E-state index is 12.2. The van der Waals surface area contributed by atoms with Crippen LogP contribution >= 0.6 is 23.5 Å². The number of carbonyl (C=O) groups excluding carboxylic acids is 1. The number of aromatic amines is 1. The van der Waals surface area contributed by atoms with Crippen molar-refractivity contribution >= 4 is 46.5 Å². The van der Waals surface area contributed by atoms with Crippen LogP contribution < -0.4 is 17.0 Å². The Morgan fingerprint density at radius 1 is 1.22 bits per heavy atom. The summed E-state index contributed by atoms with van der Waals surface area (Å²) in [4.78, 5) is 70.7. The first kappa shape index (κ1) is 29.5. The van der Waals surface area contributed by atoms with E-state index in [0.29, 0.717) is 6.42 Å². The highest BCUT2D eigenvalue weighted by atomic mass is 31.3. The van der Waals surface area contributed by atoms with E-state index in [1.165, 1.54) is 10.9 Å². The van der Waals surface area contributed by atoms with E-state index in [-0.39, 0.29) is 36.5 Å². The molecule has 0 aliphatic carbocycles. The molecule has 3 heterocycles. The third kappa shape index (κ3) is 8.22. The highest BCUT2D eigenvalue weighted by molar-refractivity contribution is 7.66.